The smallest absolute Gasteiger partial charge is 0.146 e. The summed E-state index contributed by atoms with van der Waals surface area (Å²) in [4.78, 5) is 8.80. The second-order valence-electron chi connectivity index (χ2n) is 8.55. The van der Waals surface area contributed by atoms with Crippen molar-refractivity contribution in [2.45, 2.75) is 25.9 Å². The lowest BCUT2D eigenvalue weighted by atomic mass is 10.1. The van der Waals surface area contributed by atoms with Crippen molar-refractivity contribution in [3.63, 3.8) is 0 Å². The molecule has 0 unspecified atom stereocenters. The molecule has 0 radical (unpaired) electrons. The number of anilines is 2. The van der Waals surface area contributed by atoms with E-state index in [1.807, 2.05) is 19.1 Å². The number of benzene rings is 2. The van der Waals surface area contributed by atoms with Gasteiger partial charge in [-0.1, -0.05) is 0 Å². The monoisotopic (exact) mass is 481 g/mol. The van der Waals surface area contributed by atoms with E-state index in [0.717, 1.165) is 23.8 Å². The minimum Gasteiger partial charge on any atom is -0.484 e. The Balaban J connectivity index is 1.50. The summed E-state index contributed by atoms with van der Waals surface area (Å²) < 4.78 is 42.8. The van der Waals surface area contributed by atoms with Gasteiger partial charge < -0.3 is 14.8 Å². The van der Waals surface area contributed by atoms with Gasteiger partial charge in [0, 0.05) is 23.0 Å². The van der Waals surface area contributed by atoms with Gasteiger partial charge in [0.2, 0.25) is 0 Å². The first-order valence-corrected chi connectivity index (χ1v) is 13.0. The van der Waals surface area contributed by atoms with Crippen molar-refractivity contribution in [1.29, 1.82) is 5.26 Å². The predicted octanol–water partition coefficient (Wildman–Crippen LogP) is 4.63. The normalized spacial score (nSPS) is 21.3. The summed E-state index contributed by atoms with van der Waals surface area (Å²) in [5.74, 6) is 1.18. The van der Waals surface area contributed by atoms with Gasteiger partial charge >= 0.3 is 0 Å². The maximum absolute atomic E-state index is 14.0. The van der Waals surface area contributed by atoms with Crippen LogP contribution in [0.3, 0.4) is 0 Å². The summed E-state index contributed by atoms with van der Waals surface area (Å²) in [6.07, 6.45) is 2.83. The minimum absolute atomic E-state index is 0.263. The highest BCUT2D eigenvalue weighted by Gasteiger charge is 2.31. The molecule has 2 saturated heterocycles. The molecule has 0 amide bonds. The fraction of sp³-hybridized carbons (Fsp3) is 0.375. The van der Waals surface area contributed by atoms with Gasteiger partial charge in [0.1, 0.15) is 35.7 Å². The minimum atomic E-state index is -2.20. The third-order valence-electron chi connectivity index (χ3n) is 6.04. The van der Waals surface area contributed by atoms with Gasteiger partial charge in [0.15, 0.2) is 0 Å². The highest BCUT2D eigenvalue weighted by molar-refractivity contribution is 7.93. The van der Waals surface area contributed by atoms with Crippen LogP contribution in [0, 0.1) is 30.0 Å². The van der Waals surface area contributed by atoms with E-state index in [1.54, 1.807) is 6.07 Å². The number of aromatic nitrogens is 2. The molecule has 0 spiro atoms. The van der Waals surface area contributed by atoms with E-state index in [0.29, 0.717) is 34.2 Å². The molecular formula is C24H24FN5O3S. The van der Waals surface area contributed by atoms with Crippen molar-refractivity contribution in [2.24, 2.45) is 10.3 Å². The number of nitrogens with one attached hydrogen (secondary N) is 1. The second-order valence-corrected chi connectivity index (χ2v) is 11.1. The Hall–Kier alpha value is -3.29. The Morgan fingerprint density at radius 2 is 2.06 bits per heavy atom. The van der Waals surface area contributed by atoms with Gasteiger partial charge in [-0.3, -0.25) is 0 Å². The molecule has 3 heterocycles. The maximum Gasteiger partial charge on any atom is 0.146 e. The molecule has 1 aromatic heterocycles. The highest BCUT2D eigenvalue weighted by atomic mass is 32.2. The van der Waals surface area contributed by atoms with Crippen LogP contribution in [0.15, 0.2) is 41.0 Å². The molecule has 2 aliphatic rings. The summed E-state index contributed by atoms with van der Waals surface area (Å²) in [5, 5.41) is 13.3. The van der Waals surface area contributed by atoms with E-state index < -0.39 is 27.6 Å². The number of nitrogens with zero attached hydrogens (tertiary/aromatic N) is 4. The second kappa shape index (κ2) is 9.16. The molecule has 10 heteroatoms. The molecule has 176 valence electrons. The van der Waals surface area contributed by atoms with Crippen LogP contribution in [-0.2, 0) is 14.5 Å². The van der Waals surface area contributed by atoms with Crippen molar-refractivity contribution in [3.8, 4) is 11.8 Å². The Bertz CT molecular complexity index is 1400. The number of halogens is 1. The summed E-state index contributed by atoms with van der Waals surface area (Å²) in [7, 11) is -2.20. The maximum atomic E-state index is 14.0. The molecule has 0 bridgehead atoms. The van der Waals surface area contributed by atoms with E-state index in [9.17, 15) is 13.9 Å². The Morgan fingerprint density at radius 1 is 1.24 bits per heavy atom. The van der Waals surface area contributed by atoms with Crippen molar-refractivity contribution in [2.75, 3.05) is 30.0 Å². The number of fused-ring (bicyclic) bond motifs is 1. The van der Waals surface area contributed by atoms with E-state index in [-0.39, 0.29) is 19.0 Å². The molecule has 8 nitrogen and oxygen atoms in total. The molecule has 0 aliphatic carbocycles. The van der Waals surface area contributed by atoms with Gasteiger partial charge in [-0.15, -0.1) is 0 Å². The van der Waals surface area contributed by atoms with E-state index in [2.05, 4.69) is 25.7 Å². The lowest BCUT2D eigenvalue weighted by Gasteiger charge is -2.19. The first kappa shape index (κ1) is 22.5. The molecule has 5 rings (SSSR count). The molecule has 0 saturated carbocycles. The first-order chi connectivity index (χ1) is 16.4. The topological polar surface area (TPSA) is 109 Å². The average Bonchev–Trinajstić information content (AvgIpc) is 3.44. The fourth-order valence-electron chi connectivity index (χ4n) is 4.32. The van der Waals surface area contributed by atoms with Crippen molar-refractivity contribution < 1.29 is 18.1 Å². The zero-order chi connectivity index (χ0) is 23.7. The molecule has 2 aromatic carbocycles. The molecule has 34 heavy (non-hydrogen) atoms. The lowest BCUT2D eigenvalue weighted by molar-refractivity contribution is 0.140. The van der Waals surface area contributed by atoms with E-state index in [1.165, 1.54) is 18.5 Å². The molecule has 3 aromatic rings. The molecule has 2 atom stereocenters. The Kier molecular flexibility index (Phi) is 6.06. The third-order valence-corrected chi connectivity index (χ3v) is 8.43. The van der Waals surface area contributed by atoms with Crippen molar-refractivity contribution >= 4 is 37.8 Å². The number of hydrogen-bond donors (Lipinski definition) is 1. The molecule has 1 N–H and O–H groups in total. The number of hydrogen-bond acceptors (Lipinski definition) is 8. The van der Waals surface area contributed by atoms with Crippen LogP contribution in [-0.4, -0.2) is 45.0 Å². The van der Waals surface area contributed by atoms with Crippen LogP contribution < -0.4 is 10.1 Å². The van der Waals surface area contributed by atoms with Crippen LogP contribution in [0.4, 0.5) is 21.6 Å². The standard InChI is InChI=1S/C24H24FN5O3S/c1-15-8-18(30-34(31)6-2-3-7-34)10-20-23(15)24(28-14-27-20)29-19-5-4-17(25)9-21(19)33-22-13-32-12-16(22)11-26/h4-5,8-10,14,16,22H,2-3,6-7,12-13H2,1H3,(H,27,28,29)/t16-,22+/m1/s1. The van der Waals surface area contributed by atoms with Gasteiger partial charge in [-0.2, -0.15) is 9.62 Å². The molecule has 2 fully saturated rings. The lowest BCUT2D eigenvalue weighted by Crippen LogP contribution is -2.24. The number of ether oxygens (including phenoxy) is 2. The number of aryl methyl sites for hydroxylation is 1. The highest BCUT2D eigenvalue weighted by Crippen LogP contribution is 2.35. The van der Waals surface area contributed by atoms with E-state index in [4.69, 9.17) is 9.47 Å². The molecular weight excluding hydrogens is 457 g/mol. The summed E-state index contributed by atoms with van der Waals surface area (Å²) >= 11 is 0. The van der Waals surface area contributed by atoms with Gasteiger partial charge in [0.25, 0.3) is 0 Å². The van der Waals surface area contributed by atoms with Gasteiger partial charge in [-0.25, -0.2) is 18.6 Å². The average molecular weight is 482 g/mol. The predicted molar refractivity (Wildman–Crippen MR) is 127 cm³/mol. The molecule has 2 aliphatic heterocycles. The third kappa shape index (κ3) is 4.54. The van der Waals surface area contributed by atoms with Crippen molar-refractivity contribution in [1.82, 2.24) is 9.97 Å². The largest absolute Gasteiger partial charge is 0.484 e. The summed E-state index contributed by atoms with van der Waals surface area (Å²) in [6, 6.07) is 10.0. The number of nitriles is 1. The zero-order valence-corrected chi connectivity index (χ0v) is 19.5. The van der Waals surface area contributed by atoms with Gasteiger partial charge in [0.05, 0.1) is 45.9 Å². The number of rotatable bonds is 5. The SMILES string of the molecule is Cc1cc(N=S2(=O)CCCC2)cc2ncnc(Nc3ccc(F)cc3O[C@H]3COC[C@H]3C#N)c12. The Morgan fingerprint density at radius 3 is 2.85 bits per heavy atom. The van der Waals surface area contributed by atoms with Crippen LogP contribution in [0.25, 0.3) is 10.9 Å². The quantitative estimate of drug-likeness (QED) is 0.566. The summed E-state index contributed by atoms with van der Waals surface area (Å²) in [6.45, 7) is 2.47. The van der Waals surface area contributed by atoms with Crippen LogP contribution in [0.2, 0.25) is 0 Å². The van der Waals surface area contributed by atoms with Crippen LogP contribution >= 0.6 is 0 Å². The first-order valence-electron chi connectivity index (χ1n) is 11.1. The zero-order valence-electron chi connectivity index (χ0n) is 18.7. The fourth-order valence-corrected chi connectivity index (χ4v) is 6.51. The van der Waals surface area contributed by atoms with Crippen molar-refractivity contribution in [3.05, 3.63) is 48.0 Å². The van der Waals surface area contributed by atoms with Crippen LogP contribution in [0.1, 0.15) is 18.4 Å². The van der Waals surface area contributed by atoms with Gasteiger partial charge in [-0.05, 0) is 49.6 Å². The summed E-state index contributed by atoms with van der Waals surface area (Å²) in [5.41, 5.74) is 2.69. The van der Waals surface area contributed by atoms with Crippen LogP contribution in [0.5, 0.6) is 5.75 Å². The van der Waals surface area contributed by atoms with E-state index >= 15 is 0 Å². The Labute approximate surface area is 197 Å².